The van der Waals surface area contributed by atoms with Gasteiger partial charge in [0.25, 0.3) is 0 Å². The summed E-state index contributed by atoms with van der Waals surface area (Å²) in [4.78, 5) is -0.744. The van der Waals surface area contributed by atoms with Gasteiger partial charge in [-0.3, -0.25) is 0 Å². The molecular weight excluding hydrogens is 432 g/mol. The largest absolute Gasteiger partial charge is 0.573 e. The quantitative estimate of drug-likeness (QED) is 0.580. The third-order valence-corrected chi connectivity index (χ3v) is 5.06. The first-order valence-corrected chi connectivity index (χ1v) is 9.74. The average Bonchev–Trinajstić information content (AvgIpc) is 3.05. The van der Waals surface area contributed by atoms with Gasteiger partial charge >= 0.3 is 6.36 Å². The molecule has 30 heavy (non-hydrogen) atoms. The second kappa shape index (κ2) is 7.70. The summed E-state index contributed by atoms with van der Waals surface area (Å²) in [5, 5.41) is 18.2. The van der Waals surface area contributed by atoms with Gasteiger partial charge in [0.15, 0.2) is 5.76 Å². The standard InChI is InChI=1S/C18H14F4N2O5S/c1-9-2-3-11(7-13(9)28-18(20,21)22)17-16(14(8-25)29-24-17)10-4-5-15(12(19)6-10)30(23,26)27/h2-7,25H,8H2,1H3,(H2,23,26,27). The topological polar surface area (TPSA) is 116 Å². The van der Waals surface area contributed by atoms with Crippen molar-refractivity contribution >= 4 is 10.0 Å². The van der Waals surface area contributed by atoms with E-state index in [4.69, 9.17) is 9.66 Å². The number of aryl methyl sites for hydroxylation is 1. The van der Waals surface area contributed by atoms with E-state index in [0.29, 0.717) is 0 Å². The molecule has 0 spiro atoms. The Hall–Kier alpha value is -2.96. The van der Waals surface area contributed by atoms with Crippen molar-refractivity contribution in [2.45, 2.75) is 24.8 Å². The first-order chi connectivity index (χ1) is 13.9. The van der Waals surface area contributed by atoms with Crippen molar-refractivity contribution < 1.29 is 40.3 Å². The Labute approximate surface area is 167 Å². The number of aromatic nitrogens is 1. The molecule has 160 valence electrons. The second-order valence-electron chi connectivity index (χ2n) is 6.21. The summed E-state index contributed by atoms with van der Waals surface area (Å²) in [6, 6.07) is 6.84. The van der Waals surface area contributed by atoms with Crippen LogP contribution in [0.4, 0.5) is 17.6 Å². The van der Waals surface area contributed by atoms with E-state index in [2.05, 4.69) is 9.89 Å². The third kappa shape index (κ3) is 4.45. The number of aliphatic hydroxyl groups is 1. The Morgan fingerprint density at radius 1 is 1.17 bits per heavy atom. The predicted molar refractivity (Wildman–Crippen MR) is 96.0 cm³/mol. The van der Waals surface area contributed by atoms with Crippen LogP contribution >= 0.6 is 0 Å². The van der Waals surface area contributed by atoms with E-state index in [9.17, 15) is 31.1 Å². The highest BCUT2D eigenvalue weighted by molar-refractivity contribution is 7.89. The van der Waals surface area contributed by atoms with E-state index in [1.165, 1.54) is 25.1 Å². The molecule has 0 aliphatic heterocycles. The van der Waals surface area contributed by atoms with Crippen LogP contribution in [0.25, 0.3) is 22.4 Å². The minimum atomic E-state index is -4.92. The lowest BCUT2D eigenvalue weighted by Crippen LogP contribution is -2.17. The number of halogens is 4. The SMILES string of the molecule is Cc1ccc(-c2noc(CO)c2-c2ccc(S(N)(=O)=O)c(F)c2)cc1OC(F)(F)F. The number of primary sulfonamides is 1. The number of aliphatic hydroxyl groups excluding tert-OH is 1. The van der Waals surface area contributed by atoms with Crippen LogP contribution in [0.15, 0.2) is 45.8 Å². The maximum Gasteiger partial charge on any atom is 0.573 e. The summed E-state index contributed by atoms with van der Waals surface area (Å²) < 4.78 is 84.1. The van der Waals surface area contributed by atoms with E-state index >= 15 is 0 Å². The van der Waals surface area contributed by atoms with Gasteiger partial charge in [-0.15, -0.1) is 13.2 Å². The number of alkyl halides is 3. The molecule has 1 heterocycles. The average molecular weight is 446 g/mol. The van der Waals surface area contributed by atoms with E-state index < -0.39 is 39.5 Å². The van der Waals surface area contributed by atoms with Crippen molar-refractivity contribution in [3.63, 3.8) is 0 Å². The van der Waals surface area contributed by atoms with Gasteiger partial charge in [-0.05, 0) is 36.2 Å². The van der Waals surface area contributed by atoms with E-state index in [0.717, 1.165) is 18.2 Å². The van der Waals surface area contributed by atoms with E-state index in [1.54, 1.807) is 0 Å². The minimum absolute atomic E-state index is 0.00571. The molecule has 0 atom stereocenters. The number of nitrogens with two attached hydrogens (primary N) is 1. The zero-order valence-electron chi connectivity index (χ0n) is 15.2. The Bertz CT molecular complexity index is 1210. The summed E-state index contributed by atoms with van der Waals surface area (Å²) in [6.07, 6.45) is -4.92. The minimum Gasteiger partial charge on any atom is -0.405 e. The molecule has 3 N–H and O–H groups in total. The molecule has 3 rings (SSSR count). The van der Waals surface area contributed by atoms with E-state index in [1.807, 2.05) is 0 Å². The van der Waals surface area contributed by atoms with E-state index in [-0.39, 0.29) is 33.7 Å². The molecule has 7 nitrogen and oxygen atoms in total. The van der Waals surface area contributed by atoms with Crippen molar-refractivity contribution in [3.8, 4) is 28.1 Å². The fourth-order valence-electron chi connectivity index (χ4n) is 2.80. The van der Waals surface area contributed by atoms with Crippen molar-refractivity contribution in [1.29, 1.82) is 0 Å². The Balaban J connectivity index is 2.16. The highest BCUT2D eigenvalue weighted by Crippen LogP contribution is 2.38. The second-order valence-corrected chi connectivity index (χ2v) is 7.74. The van der Waals surface area contributed by atoms with Crippen LogP contribution < -0.4 is 9.88 Å². The number of rotatable bonds is 5. The van der Waals surface area contributed by atoms with Gasteiger partial charge in [0, 0.05) is 5.56 Å². The molecule has 12 heteroatoms. The molecule has 0 fully saturated rings. The number of ether oxygens (including phenoxy) is 1. The van der Waals surface area contributed by atoms with Crippen molar-refractivity contribution in [2.24, 2.45) is 5.14 Å². The van der Waals surface area contributed by atoms with Crippen LogP contribution in [0.1, 0.15) is 11.3 Å². The van der Waals surface area contributed by atoms with Crippen molar-refractivity contribution in [1.82, 2.24) is 5.16 Å². The lowest BCUT2D eigenvalue weighted by atomic mass is 9.98. The summed E-state index contributed by atoms with van der Waals surface area (Å²) in [5.41, 5.74) is 0.466. The molecule has 0 radical (unpaired) electrons. The fraction of sp³-hybridized carbons (Fsp3) is 0.167. The van der Waals surface area contributed by atoms with Gasteiger partial charge in [-0.1, -0.05) is 23.4 Å². The molecular formula is C18H14F4N2O5S. The maximum absolute atomic E-state index is 14.3. The number of sulfonamides is 1. The summed E-state index contributed by atoms with van der Waals surface area (Å²) in [5.74, 6) is -1.74. The molecule has 2 aromatic carbocycles. The molecule has 1 aromatic heterocycles. The predicted octanol–water partition coefficient (Wildman–Crippen LogP) is 3.49. The number of benzene rings is 2. The molecule has 0 unspecified atom stereocenters. The summed E-state index contributed by atoms with van der Waals surface area (Å²) in [7, 11) is -4.31. The first kappa shape index (κ1) is 21.7. The summed E-state index contributed by atoms with van der Waals surface area (Å²) in [6.45, 7) is 0.758. The van der Waals surface area contributed by atoms with Gasteiger partial charge < -0.3 is 14.4 Å². The molecule has 0 aliphatic carbocycles. The smallest absolute Gasteiger partial charge is 0.405 e. The molecule has 0 bridgehead atoms. The van der Waals surface area contributed by atoms with Gasteiger partial charge in [0.2, 0.25) is 10.0 Å². The lowest BCUT2D eigenvalue weighted by molar-refractivity contribution is -0.274. The zero-order chi connectivity index (χ0) is 22.3. The van der Waals surface area contributed by atoms with Gasteiger partial charge in [0.1, 0.15) is 28.8 Å². The maximum atomic E-state index is 14.3. The van der Waals surface area contributed by atoms with Gasteiger partial charge in [0.05, 0.1) is 5.56 Å². The molecule has 0 saturated heterocycles. The fourth-order valence-corrected chi connectivity index (χ4v) is 3.38. The summed E-state index contributed by atoms with van der Waals surface area (Å²) >= 11 is 0. The van der Waals surface area contributed by atoms with Gasteiger partial charge in [-0.2, -0.15) is 0 Å². The zero-order valence-corrected chi connectivity index (χ0v) is 16.0. The monoisotopic (exact) mass is 446 g/mol. The van der Waals surface area contributed by atoms with Crippen LogP contribution in [0.5, 0.6) is 5.75 Å². The Morgan fingerprint density at radius 2 is 1.83 bits per heavy atom. The van der Waals surface area contributed by atoms with Crippen LogP contribution in [0, 0.1) is 12.7 Å². The van der Waals surface area contributed by atoms with Crippen LogP contribution in [-0.4, -0.2) is 25.0 Å². The number of nitrogens with zero attached hydrogens (tertiary/aromatic N) is 1. The van der Waals surface area contributed by atoms with Crippen LogP contribution in [0.2, 0.25) is 0 Å². The highest BCUT2D eigenvalue weighted by Gasteiger charge is 2.32. The normalized spacial score (nSPS) is 12.2. The van der Waals surface area contributed by atoms with Crippen molar-refractivity contribution in [2.75, 3.05) is 0 Å². The molecule has 0 amide bonds. The van der Waals surface area contributed by atoms with Crippen LogP contribution in [-0.2, 0) is 16.6 Å². The lowest BCUT2D eigenvalue weighted by Gasteiger charge is -2.13. The van der Waals surface area contributed by atoms with Gasteiger partial charge in [-0.25, -0.2) is 17.9 Å². The van der Waals surface area contributed by atoms with Crippen molar-refractivity contribution in [3.05, 3.63) is 53.5 Å². The third-order valence-electron chi connectivity index (χ3n) is 4.12. The van der Waals surface area contributed by atoms with Crippen LogP contribution in [0.3, 0.4) is 0 Å². The highest BCUT2D eigenvalue weighted by atomic mass is 32.2. The number of hydrogen-bond donors (Lipinski definition) is 2. The first-order valence-electron chi connectivity index (χ1n) is 8.19. The Kier molecular flexibility index (Phi) is 5.58. The molecule has 0 aliphatic rings. The molecule has 3 aromatic rings. The molecule has 0 saturated carbocycles. The number of hydrogen-bond acceptors (Lipinski definition) is 6. The Morgan fingerprint density at radius 3 is 2.40 bits per heavy atom.